The maximum absolute atomic E-state index is 12.7. The Balaban J connectivity index is 1.83. The van der Waals surface area contributed by atoms with E-state index in [-0.39, 0.29) is 32.8 Å². The third kappa shape index (κ3) is 8.58. The largest absolute Gasteiger partial charge is 0.465 e. The molecule has 0 unspecified atom stereocenters. The topological polar surface area (TPSA) is 105 Å². The number of carbonyl (C=O) groups is 4. The second-order valence-electron chi connectivity index (χ2n) is 8.74. The van der Waals surface area contributed by atoms with Crippen molar-refractivity contribution in [1.82, 2.24) is 0 Å². The van der Waals surface area contributed by atoms with Gasteiger partial charge in [0.05, 0.1) is 16.7 Å². The van der Waals surface area contributed by atoms with Crippen LogP contribution >= 0.6 is 0 Å². The van der Waals surface area contributed by atoms with E-state index in [0.717, 1.165) is 0 Å². The van der Waals surface area contributed by atoms with Gasteiger partial charge in [-0.25, -0.2) is 14.4 Å². The lowest BCUT2D eigenvalue weighted by Crippen LogP contribution is -2.44. The molecule has 0 heterocycles. The Kier molecular flexibility index (Phi) is 10.6. The summed E-state index contributed by atoms with van der Waals surface area (Å²) < 4.78 is 22.1. The quantitative estimate of drug-likeness (QED) is 0.233. The molecule has 8 nitrogen and oxygen atoms in total. The standard InChI is InChI=1S/C30H30O8/c1-2-12-26(31)35-19-30(20-36-27(32)23-13-6-3-7-14-23,21-37-28(33)24-15-8-4-9-16-24)22-38-29(34)25-17-10-5-11-18-25/h3-11,13-18H,2,12,19-22H2,1H3. The lowest BCUT2D eigenvalue weighted by Gasteiger charge is -2.31. The van der Waals surface area contributed by atoms with Crippen LogP contribution in [0.25, 0.3) is 0 Å². The van der Waals surface area contributed by atoms with Crippen LogP contribution in [0.3, 0.4) is 0 Å². The van der Waals surface area contributed by atoms with Gasteiger partial charge in [-0.1, -0.05) is 61.5 Å². The molecule has 0 bridgehead atoms. The van der Waals surface area contributed by atoms with Crippen molar-refractivity contribution in [2.75, 3.05) is 26.4 Å². The summed E-state index contributed by atoms with van der Waals surface area (Å²) in [6, 6.07) is 25.0. The van der Waals surface area contributed by atoms with Gasteiger partial charge in [0, 0.05) is 6.42 Å². The molecule has 0 amide bonds. The van der Waals surface area contributed by atoms with Crippen molar-refractivity contribution in [3.8, 4) is 0 Å². The van der Waals surface area contributed by atoms with Crippen LogP contribution in [0.15, 0.2) is 91.0 Å². The van der Waals surface area contributed by atoms with E-state index in [0.29, 0.717) is 23.1 Å². The summed E-state index contributed by atoms with van der Waals surface area (Å²) in [5.74, 6) is -2.36. The molecule has 3 rings (SSSR count). The zero-order valence-electron chi connectivity index (χ0n) is 21.2. The highest BCUT2D eigenvalue weighted by Gasteiger charge is 2.38. The second-order valence-corrected chi connectivity index (χ2v) is 8.74. The van der Waals surface area contributed by atoms with Crippen molar-refractivity contribution in [2.45, 2.75) is 19.8 Å². The zero-order chi connectivity index (χ0) is 27.2. The molecule has 0 fully saturated rings. The summed E-state index contributed by atoms with van der Waals surface area (Å²) >= 11 is 0. The molecule has 8 heteroatoms. The van der Waals surface area contributed by atoms with Gasteiger partial charge < -0.3 is 18.9 Å². The molecule has 0 aromatic heterocycles. The summed E-state index contributed by atoms with van der Waals surface area (Å²) in [5, 5.41) is 0. The van der Waals surface area contributed by atoms with Gasteiger partial charge in [0.15, 0.2) is 0 Å². The maximum atomic E-state index is 12.7. The Hall–Kier alpha value is -4.46. The summed E-state index contributed by atoms with van der Waals surface area (Å²) in [7, 11) is 0. The molecule has 0 saturated heterocycles. The SMILES string of the molecule is CCCC(=O)OCC(COC(=O)c1ccccc1)(COC(=O)c1ccccc1)COC(=O)c1ccccc1. The number of hydrogen-bond acceptors (Lipinski definition) is 8. The molecule has 0 N–H and O–H groups in total. The van der Waals surface area contributed by atoms with Crippen molar-refractivity contribution < 1.29 is 38.1 Å². The van der Waals surface area contributed by atoms with E-state index in [9.17, 15) is 19.2 Å². The zero-order valence-corrected chi connectivity index (χ0v) is 21.2. The molecule has 38 heavy (non-hydrogen) atoms. The van der Waals surface area contributed by atoms with Gasteiger partial charge in [0.1, 0.15) is 31.8 Å². The van der Waals surface area contributed by atoms with Crippen LogP contribution in [-0.4, -0.2) is 50.3 Å². The Morgan fingerprint density at radius 3 is 1.16 bits per heavy atom. The van der Waals surface area contributed by atoms with Crippen molar-refractivity contribution in [3.05, 3.63) is 108 Å². The fraction of sp³-hybridized carbons (Fsp3) is 0.267. The molecule has 0 spiro atoms. The predicted molar refractivity (Wildman–Crippen MR) is 138 cm³/mol. The van der Waals surface area contributed by atoms with Crippen molar-refractivity contribution in [1.29, 1.82) is 0 Å². The minimum atomic E-state index is -1.36. The van der Waals surface area contributed by atoms with E-state index in [2.05, 4.69) is 0 Å². The molecule has 0 saturated carbocycles. The van der Waals surface area contributed by atoms with E-state index in [1.807, 2.05) is 6.92 Å². The molecule has 198 valence electrons. The van der Waals surface area contributed by atoms with Gasteiger partial charge in [-0.2, -0.15) is 0 Å². The average molecular weight is 519 g/mol. The van der Waals surface area contributed by atoms with Gasteiger partial charge in [0.25, 0.3) is 0 Å². The van der Waals surface area contributed by atoms with Crippen LogP contribution in [-0.2, 0) is 23.7 Å². The van der Waals surface area contributed by atoms with Crippen LogP contribution in [0.5, 0.6) is 0 Å². The van der Waals surface area contributed by atoms with E-state index in [1.54, 1.807) is 91.0 Å². The molecule has 3 aromatic carbocycles. The summed E-state index contributed by atoms with van der Waals surface area (Å²) in [6.45, 7) is 0.496. The third-order valence-electron chi connectivity index (χ3n) is 5.55. The minimum Gasteiger partial charge on any atom is -0.465 e. The summed E-state index contributed by atoms with van der Waals surface area (Å²) in [6.07, 6.45) is 0.744. The van der Waals surface area contributed by atoms with Crippen LogP contribution in [0.2, 0.25) is 0 Å². The van der Waals surface area contributed by atoms with E-state index < -0.39 is 29.3 Å². The number of hydrogen-bond donors (Lipinski definition) is 0. The highest BCUT2D eigenvalue weighted by molar-refractivity contribution is 5.90. The Morgan fingerprint density at radius 1 is 0.526 bits per heavy atom. The van der Waals surface area contributed by atoms with Gasteiger partial charge >= 0.3 is 23.9 Å². The molecule has 0 aliphatic heterocycles. The summed E-state index contributed by atoms with van der Waals surface area (Å²) in [4.78, 5) is 50.3. The van der Waals surface area contributed by atoms with Crippen LogP contribution in [0, 0.1) is 5.41 Å². The first-order valence-corrected chi connectivity index (χ1v) is 12.2. The van der Waals surface area contributed by atoms with E-state index >= 15 is 0 Å². The number of ether oxygens (including phenoxy) is 4. The van der Waals surface area contributed by atoms with Gasteiger partial charge in [-0.3, -0.25) is 4.79 Å². The van der Waals surface area contributed by atoms with Crippen LogP contribution in [0.4, 0.5) is 0 Å². The summed E-state index contributed by atoms with van der Waals surface area (Å²) in [5.41, 5.74) is -0.422. The molecular formula is C30H30O8. The lowest BCUT2D eigenvalue weighted by atomic mass is 9.92. The average Bonchev–Trinajstić information content (AvgIpc) is 2.97. The number of benzene rings is 3. The molecule has 0 aliphatic rings. The fourth-order valence-corrected chi connectivity index (χ4v) is 3.39. The van der Waals surface area contributed by atoms with Crippen molar-refractivity contribution in [2.24, 2.45) is 5.41 Å². The Bertz CT molecular complexity index is 1060. The first kappa shape index (κ1) is 28.1. The van der Waals surface area contributed by atoms with Crippen LogP contribution < -0.4 is 0 Å². The first-order valence-electron chi connectivity index (χ1n) is 12.2. The fourth-order valence-electron chi connectivity index (χ4n) is 3.39. The second kappa shape index (κ2) is 14.3. The monoisotopic (exact) mass is 518 g/mol. The number of carbonyl (C=O) groups excluding carboxylic acids is 4. The molecule has 0 radical (unpaired) electrons. The van der Waals surface area contributed by atoms with E-state index in [4.69, 9.17) is 18.9 Å². The molecule has 0 aliphatic carbocycles. The maximum Gasteiger partial charge on any atom is 0.338 e. The van der Waals surface area contributed by atoms with Crippen LogP contribution in [0.1, 0.15) is 50.8 Å². The molecule has 0 atom stereocenters. The number of rotatable bonds is 13. The lowest BCUT2D eigenvalue weighted by molar-refractivity contribution is -0.151. The normalized spacial score (nSPS) is 10.8. The Labute approximate surface area is 221 Å². The molecular weight excluding hydrogens is 488 g/mol. The van der Waals surface area contributed by atoms with Crippen molar-refractivity contribution in [3.63, 3.8) is 0 Å². The minimum absolute atomic E-state index is 0.174. The van der Waals surface area contributed by atoms with Gasteiger partial charge in [0.2, 0.25) is 0 Å². The third-order valence-corrected chi connectivity index (χ3v) is 5.55. The van der Waals surface area contributed by atoms with Gasteiger partial charge in [-0.15, -0.1) is 0 Å². The highest BCUT2D eigenvalue weighted by atomic mass is 16.6. The van der Waals surface area contributed by atoms with E-state index in [1.165, 1.54) is 0 Å². The smallest absolute Gasteiger partial charge is 0.338 e. The molecule has 3 aromatic rings. The Morgan fingerprint density at radius 2 is 0.842 bits per heavy atom. The van der Waals surface area contributed by atoms with Crippen molar-refractivity contribution >= 4 is 23.9 Å². The highest BCUT2D eigenvalue weighted by Crippen LogP contribution is 2.24. The predicted octanol–water partition coefficient (Wildman–Crippen LogP) is 4.89. The first-order chi connectivity index (χ1) is 18.4. The number of esters is 4. The van der Waals surface area contributed by atoms with Gasteiger partial charge in [-0.05, 0) is 42.8 Å².